The Hall–Kier alpha value is -2.09. The summed E-state index contributed by atoms with van der Waals surface area (Å²) in [6, 6.07) is 14.3. The molecule has 0 bridgehead atoms. The Balaban J connectivity index is 1.74. The summed E-state index contributed by atoms with van der Waals surface area (Å²) in [6.45, 7) is 2.18. The molecule has 2 heteroatoms. The summed E-state index contributed by atoms with van der Waals surface area (Å²) in [5.41, 5.74) is 4.85. The molecule has 112 valence electrons. The molecule has 0 radical (unpaired) electrons. The van der Waals surface area contributed by atoms with Crippen LogP contribution in [0.15, 0.2) is 54.6 Å². The molecule has 0 saturated heterocycles. The molecule has 4 rings (SSSR count). The van der Waals surface area contributed by atoms with Crippen molar-refractivity contribution in [2.24, 2.45) is 5.92 Å². The molecular formula is C20H20FN. The Morgan fingerprint density at radius 2 is 1.95 bits per heavy atom. The Morgan fingerprint density at radius 3 is 2.73 bits per heavy atom. The number of anilines is 1. The molecule has 0 saturated carbocycles. The highest BCUT2D eigenvalue weighted by Crippen LogP contribution is 2.49. The lowest BCUT2D eigenvalue weighted by molar-refractivity contribution is 0.424. The first-order chi connectivity index (χ1) is 10.8. The Labute approximate surface area is 130 Å². The Kier molecular flexibility index (Phi) is 3.25. The smallest absolute Gasteiger partial charge is 0.123 e. The summed E-state index contributed by atoms with van der Waals surface area (Å²) in [5.74, 6) is 0.648. The minimum absolute atomic E-state index is 0.148. The van der Waals surface area contributed by atoms with Gasteiger partial charge in [0.15, 0.2) is 0 Å². The fourth-order valence-corrected chi connectivity index (χ4v) is 3.86. The van der Waals surface area contributed by atoms with Crippen LogP contribution < -0.4 is 5.32 Å². The third-order valence-electron chi connectivity index (χ3n) is 5.07. The van der Waals surface area contributed by atoms with Crippen molar-refractivity contribution in [3.05, 3.63) is 77.1 Å². The van der Waals surface area contributed by atoms with E-state index < -0.39 is 0 Å². The van der Waals surface area contributed by atoms with Gasteiger partial charge in [0.05, 0.1) is 6.04 Å². The van der Waals surface area contributed by atoms with E-state index in [1.165, 1.54) is 11.1 Å². The molecule has 1 heterocycles. The summed E-state index contributed by atoms with van der Waals surface area (Å²) in [6.07, 6.45) is 6.60. The minimum atomic E-state index is -0.148. The van der Waals surface area contributed by atoms with Gasteiger partial charge in [0.1, 0.15) is 5.82 Å². The topological polar surface area (TPSA) is 12.0 Å². The van der Waals surface area contributed by atoms with E-state index in [4.69, 9.17) is 0 Å². The first kappa shape index (κ1) is 13.6. The molecule has 2 aliphatic rings. The first-order valence-electron chi connectivity index (χ1n) is 8.07. The average molecular weight is 293 g/mol. The fraction of sp³-hybridized carbons (Fsp3) is 0.300. The maximum Gasteiger partial charge on any atom is 0.123 e. The number of benzene rings is 2. The molecule has 3 atom stereocenters. The predicted octanol–water partition coefficient (Wildman–Crippen LogP) is 5.21. The Morgan fingerprint density at radius 1 is 1.14 bits per heavy atom. The second kappa shape index (κ2) is 5.28. The predicted molar refractivity (Wildman–Crippen MR) is 88.6 cm³/mol. The van der Waals surface area contributed by atoms with Crippen LogP contribution >= 0.6 is 0 Å². The van der Waals surface area contributed by atoms with Gasteiger partial charge in [-0.1, -0.05) is 43.3 Å². The van der Waals surface area contributed by atoms with Crippen LogP contribution in [-0.4, -0.2) is 0 Å². The summed E-state index contributed by atoms with van der Waals surface area (Å²) in [5, 5.41) is 3.64. The van der Waals surface area contributed by atoms with Gasteiger partial charge in [-0.05, 0) is 53.6 Å². The minimum Gasteiger partial charge on any atom is -0.378 e. The SMILES string of the molecule is CCc1ccc([C@@H]2Nc3ccc(F)cc3[C@H]3C=CC[C@H]32)cc1. The van der Waals surface area contributed by atoms with Gasteiger partial charge in [-0.3, -0.25) is 0 Å². The van der Waals surface area contributed by atoms with E-state index >= 15 is 0 Å². The maximum absolute atomic E-state index is 13.6. The van der Waals surface area contributed by atoms with Crippen LogP contribution in [-0.2, 0) is 6.42 Å². The average Bonchev–Trinajstić information content (AvgIpc) is 3.04. The van der Waals surface area contributed by atoms with Crippen molar-refractivity contribution >= 4 is 5.69 Å². The molecule has 1 aliphatic heterocycles. The standard InChI is InChI=1S/C20H20FN/c1-2-13-6-8-14(9-7-13)20-17-5-3-4-16(17)18-12-15(21)10-11-19(18)22-20/h3-4,6-12,16-17,20,22H,2,5H2,1H3/t16-,17+,20-/m0/s1. The molecule has 2 aromatic carbocycles. The van der Waals surface area contributed by atoms with Crippen LogP contribution in [0.25, 0.3) is 0 Å². The van der Waals surface area contributed by atoms with Crippen LogP contribution in [0.5, 0.6) is 0 Å². The van der Waals surface area contributed by atoms with Gasteiger partial charge >= 0.3 is 0 Å². The Bertz CT molecular complexity index is 717. The van der Waals surface area contributed by atoms with Gasteiger partial charge in [-0.25, -0.2) is 4.39 Å². The number of allylic oxidation sites excluding steroid dienone is 2. The number of hydrogen-bond acceptors (Lipinski definition) is 1. The van der Waals surface area contributed by atoms with Crippen molar-refractivity contribution in [1.82, 2.24) is 0 Å². The van der Waals surface area contributed by atoms with Crippen molar-refractivity contribution < 1.29 is 4.39 Å². The molecule has 2 aromatic rings. The maximum atomic E-state index is 13.6. The van der Waals surface area contributed by atoms with E-state index in [0.29, 0.717) is 17.9 Å². The molecule has 1 N–H and O–H groups in total. The van der Waals surface area contributed by atoms with Gasteiger partial charge in [0.25, 0.3) is 0 Å². The van der Waals surface area contributed by atoms with Crippen LogP contribution in [0.2, 0.25) is 0 Å². The molecular weight excluding hydrogens is 273 g/mol. The van der Waals surface area contributed by atoms with Crippen molar-refractivity contribution in [1.29, 1.82) is 0 Å². The van der Waals surface area contributed by atoms with Crippen molar-refractivity contribution in [3.63, 3.8) is 0 Å². The van der Waals surface area contributed by atoms with Gasteiger partial charge in [0.2, 0.25) is 0 Å². The van der Waals surface area contributed by atoms with Crippen LogP contribution in [0.3, 0.4) is 0 Å². The number of nitrogens with one attached hydrogen (secondary N) is 1. The van der Waals surface area contributed by atoms with Gasteiger partial charge in [0, 0.05) is 11.6 Å². The van der Waals surface area contributed by atoms with E-state index in [2.05, 4.69) is 48.7 Å². The van der Waals surface area contributed by atoms with E-state index in [0.717, 1.165) is 24.1 Å². The molecule has 0 spiro atoms. The second-order valence-electron chi connectivity index (χ2n) is 6.30. The summed E-state index contributed by atoms with van der Waals surface area (Å²) in [4.78, 5) is 0. The molecule has 0 fully saturated rings. The third kappa shape index (κ3) is 2.14. The van der Waals surface area contributed by atoms with Crippen LogP contribution in [0, 0.1) is 11.7 Å². The van der Waals surface area contributed by atoms with Gasteiger partial charge < -0.3 is 5.32 Å². The quantitative estimate of drug-likeness (QED) is 0.749. The molecule has 1 nitrogen and oxygen atoms in total. The lowest BCUT2D eigenvalue weighted by Crippen LogP contribution is -2.29. The van der Waals surface area contributed by atoms with E-state index in [1.807, 2.05) is 6.07 Å². The normalized spacial score (nSPS) is 25.5. The summed E-state index contributed by atoms with van der Waals surface area (Å²) in [7, 11) is 0. The molecule has 0 amide bonds. The van der Waals surface area contributed by atoms with Crippen molar-refractivity contribution in [2.75, 3.05) is 5.32 Å². The number of hydrogen-bond donors (Lipinski definition) is 1. The van der Waals surface area contributed by atoms with E-state index in [-0.39, 0.29) is 5.82 Å². The zero-order chi connectivity index (χ0) is 15.1. The number of fused-ring (bicyclic) bond motifs is 3. The lowest BCUT2D eigenvalue weighted by Gasteiger charge is -2.37. The van der Waals surface area contributed by atoms with Gasteiger partial charge in [-0.15, -0.1) is 0 Å². The van der Waals surface area contributed by atoms with Crippen molar-refractivity contribution in [2.45, 2.75) is 31.7 Å². The number of rotatable bonds is 2. The zero-order valence-corrected chi connectivity index (χ0v) is 12.7. The monoisotopic (exact) mass is 293 g/mol. The second-order valence-corrected chi connectivity index (χ2v) is 6.30. The highest BCUT2D eigenvalue weighted by atomic mass is 19.1. The molecule has 0 unspecified atom stereocenters. The largest absolute Gasteiger partial charge is 0.378 e. The first-order valence-corrected chi connectivity index (χ1v) is 8.07. The number of aryl methyl sites for hydroxylation is 1. The highest BCUT2D eigenvalue weighted by Gasteiger charge is 2.37. The lowest BCUT2D eigenvalue weighted by atomic mass is 9.77. The summed E-state index contributed by atoms with van der Waals surface area (Å²) < 4.78 is 13.6. The highest BCUT2D eigenvalue weighted by molar-refractivity contribution is 5.59. The van der Waals surface area contributed by atoms with Gasteiger partial charge in [-0.2, -0.15) is 0 Å². The zero-order valence-electron chi connectivity index (χ0n) is 12.7. The third-order valence-corrected chi connectivity index (χ3v) is 5.07. The summed E-state index contributed by atoms with van der Waals surface area (Å²) >= 11 is 0. The van der Waals surface area contributed by atoms with E-state index in [1.54, 1.807) is 12.1 Å². The fourth-order valence-electron chi connectivity index (χ4n) is 3.86. The van der Waals surface area contributed by atoms with Crippen LogP contribution in [0.4, 0.5) is 10.1 Å². The van der Waals surface area contributed by atoms with Crippen molar-refractivity contribution in [3.8, 4) is 0 Å². The molecule has 0 aromatic heterocycles. The van der Waals surface area contributed by atoms with Crippen LogP contribution in [0.1, 0.15) is 42.0 Å². The molecule has 22 heavy (non-hydrogen) atoms. The molecule has 1 aliphatic carbocycles. The number of halogens is 1. The van der Waals surface area contributed by atoms with E-state index in [9.17, 15) is 4.39 Å².